The number of carbonyl (C=O) groups excluding carboxylic acids is 1. The number of H-pyrrole nitrogens is 1. The maximum absolute atomic E-state index is 12.2. The van der Waals surface area contributed by atoms with Crippen LogP contribution in [-0.2, 0) is 0 Å². The number of aliphatic hydroxyl groups is 1. The summed E-state index contributed by atoms with van der Waals surface area (Å²) in [7, 11) is 0. The molecule has 6 nitrogen and oxygen atoms in total. The molecule has 106 valence electrons. The van der Waals surface area contributed by atoms with E-state index in [0.717, 1.165) is 0 Å². The van der Waals surface area contributed by atoms with Crippen molar-refractivity contribution in [2.45, 2.75) is 6.92 Å². The molecule has 0 aliphatic carbocycles. The topological polar surface area (TPSA) is 86.5 Å². The zero-order valence-electron chi connectivity index (χ0n) is 11.1. The smallest absolute Gasteiger partial charge is 0.261 e. The average molecular weight is 276 g/mol. The van der Waals surface area contributed by atoms with Gasteiger partial charge in [0.2, 0.25) is 0 Å². The van der Waals surface area contributed by atoms with Gasteiger partial charge in [-0.25, -0.2) is 0 Å². The lowest BCUT2D eigenvalue weighted by Gasteiger charge is -2.19. The summed E-state index contributed by atoms with van der Waals surface area (Å²) in [5.41, 5.74) is 0.0950. The molecule has 0 saturated carbocycles. The first-order chi connectivity index (χ1) is 9.67. The van der Waals surface area contributed by atoms with E-state index in [1.54, 1.807) is 25.1 Å². The summed E-state index contributed by atoms with van der Waals surface area (Å²) in [4.78, 5) is 28.2. The molecule has 0 spiro atoms. The second kappa shape index (κ2) is 6.21. The van der Waals surface area contributed by atoms with E-state index in [9.17, 15) is 9.59 Å². The van der Waals surface area contributed by atoms with Crippen LogP contribution in [0.1, 0.15) is 17.3 Å². The van der Waals surface area contributed by atoms with Crippen LogP contribution in [0.25, 0.3) is 11.5 Å². The SMILES string of the molecule is CCN(CCO)C(=O)c1ccc(-c2ccco2)[nH]c1=O. The monoisotopic (exact) mass is 276 g/mol. The van der Waals surface area contributed by atoms with Crippen LogP contribution in [0.5, 0.6) is 0 Å². The minimum atomic E-state index is -0.472. The first kappa shape index (κ1) is 14.1. The minimum absolute atomic E-state index is 0.0515. The van der Waals surface area contributed by atoms with Crippen LogP contribution >= 0.6 is 0 Å². The summed E-state index contributed by atoms with van der Waals surface area (Å²) >= 11 is 0. The lowest BCUT2D eigenvalue weighted by Crippen LogP contribution is -2.36. The summed E-state index contributed by atoms with van der Waals surface area (Å²) < 4.78 is 5.18. The van der Waals surface area contributed by atoms with Gasteiger partial charge in [-0.1, -0.05) is 0 Å². The van der Waals surface area contributed by atoms with E-state index in [-0.39, 0.29) is 18.7 Å². The summed E-state index contributed by atoms with van der Waals surface area (Å²) in [5.74, 6) is 0.137. The van der Waals surface area contributed by atoms with Gasteiger partial charge in [0.15, 0.2) is 0 Å². The predicted octanol–water partition coefficient (Wildman–Crippen LogP) is 1.09. The van der Waals surface area contributed by atoms with Crippen LogP contribution < -0.4 is 5.56 Å². The quantitative estimate of drug-likeness (QED) is 0.855. The first-order valence-electron chi connectivity index (χ1n) is 6.34. The van der Waals surface area contributed by atoms with E-state index < -0.39 is 11.5 Å². The van der Waals surface area contributed by atoms with Crippen molar-refractivity contribution >= 4 is 5.91 Å². The van der Waals surface area contributed by atoms with E-state index in [0.29, 0.717) is 18.0 Å². The molecule has 2 aromatic rings. The number of likely N-dealkylation sites (N-methyl/N-ethyl adjacent to an activating group) is 1. The normalized spacial score (nSPS) is 10.5. The summed E-state index contributed by atoms with van der Waals surface area (Å²) in [6, 6.07) is 6.53. The van der Waals surface area contributed by atoms with Crippen molar-refractivity contribution in [3.63, 3.8) is 0 Å². The Hall–Kier alpha value is -2.34. The van der Waals surface area contributed by atoms with Crippen molar-refractivity contribution in [2.75, 3.05) is 19.7 Å². The van der Waals surface area contributed by atoms with E-state index >= 15 is 0 Å². The van der Waals surface area contributed by atoms with Gasteiger partial charge >= 0.3 is 0 Å². The molecule has 0 unspecified atom stereocenters. The molecule has 6 heteroatoms. The number of aliphatic hydroxyl groups excluding tert-OH is 1. The number of carbonyl (C=O) groups is 1. The number of rotatable bonds is 5. The number of hydrogen-bond donors (Lipinski definition) is 2. The maximum atomic E-state index is 12.2. The highest BCUT2D eigenvalue weighted by Crippen LogP contribution is 2.15. The summed E-state index contributed by atoms with van der Waals surface area (Å²) in [6.07, 6.45) is 1.51. The highest BCUT2D eigenvalue weighted by Gasteiger charge is 2.17. The number of furan rings is 1. The van der Waals surface area contributed by atoms with Crippen LogP contribution in [0.15, 0.2) is 39.7 Å². The number of aromatic amines is 1. The maximum Gasteiger partial charge on any atom is 0.261 e. The molecule has 1 amide bonds. The van der Waals surface area contributed by atoms with E-state index in [1.165, 1.54) is 17.2 Å². The summed E-state index contributed by atoms with van der Waals surface area (Å²) in [6.45, 7) is 2.29. The van der Waals surface area contributed by atoms with Crippen LogP contribution in [0, 0.1) is 0 Å². The first-order valence-corrected chi connectivity index (χ1v) is 6.34. The number of amides is 1. The standard InChI is InChI=1S/C14H16N2O4/c1-2-16(7-8-17)14(19)10-5-6-11(15-13(10)18)12-4-3-9-20-12/h3-6,9,17H,2,7-8H2,1H3,(H,15,18). The lowest BCUT2D eigenvalue weighted by molar-refractivity contribution is 0.0730. The number of hydrogen-bond acceptors (Lipinski definition) is 4. The zero-order chi connectivity index (χ0) is 14.5. The summed E-state index contributed by atoms with van der Waals surface area (Å²) in [5, 5.41) is 8.91. The Morgan fingerprint density at radius 2 is 2.20 bits per heavy atom. The molecule has 2 N–H and O–H groups in total. The Bertz CT molecular complexity index is 631. The van der Waals surface area contributed by atoms with Gasteiger partial charge in [0.25, 0.3) is 11.5 Å². The number of aromatic nitrogens is 1. The third-order valence-electron chi connectivity index (χ3n) is 2.97. The van der Waals surface area contributed by atoms with Gasteiger partial charge in [-0.15, -0.1) is 0 Å². The fraction of sp³-hybridized carbons (Fsp3) is 0.286. The lowest BCUT2D eigenvalue weighted by atomic mass is 10.2. The van der Waals surface area contributed by atoms with Gasteiger partial charge in [0.05, 0.1) is 18.6 Å². The van der Waals surface area contributed by atoms with Gasteiger partial charge in [-0.05, 0) is 31.2 Å². The zero-order valence-corrected chi connectivity index (χ0v) is 11.1. The number of pyridine rings is 1. The molecule has 2 rings (SSSR count). The Labute approximate surface area is 115 Å². The van der Waals surface area contributed by atoms with Crippen molar-refractivity contribution in [3.8, 4) is 11.5 Å². The van der Waals surface area contributed by atoms with Crippen LogP contribution in [0.2, 0.25) is 0 Å². The van der Waals surface area contributed by atoms with Gasteiger partial charge in [0.1, 0.15) is 11.3 Å². The van der Waals surface area contributed by atoms with Crippen LogP contribution in [-0.4, -0.2) is 40.6 Å². The molecule has 0 aliphatic heterocycles. The second-order valence-electron chi connectivity index (χ2n) is 4.20. The van der Waals surface area contributed by atoms with E-state index in [4.69, 9.17) is 9.52 Å². The Morgan fingerprint density at radius 1 is 1.40 bits per heavy atom. The predicted molar refractivity (Wildman–Crippen MR) is 73.4 cm³/mol. The molecule has 20 heavy (non-hydrogen) atoms. The molecule has 0 fully saturated rings. The van der Waals surface area contributed by atoms with E-state index in [2.05, 4.69) is 4.98 Å². The van der Waals surface area contributed by atoms with Crippen LogP contribution in [0.3, 0.4) is 0 Å². The number of nitrogens with one attached hydrogen (secondary N) is 1. The Kier molecular flexibility index (Phi) is 4.37. The second-order valence-corrected chi connectivity index (χ2v) is 4.20. The molecule has 0 aromatic carbocycles. The third-order valence-corrected chi connectivity index (χ3v) is 2.97. The molecular formula is C14H16N2O4. The van der Waals surface area contributed by atoms with Crippen molar-refractivity contribution < 1.29 is 14.3 Å². The van der Waals surface area contributed by atoms with Gasteiger partial charge in [0, 0.05) is 13.1 Å². The molecule has 0 atom stereocenters. The molecular weight excluding hydrogens is 260 g/mol. The van der Waals surface area contributed by atoms with Crippen molar-refractivity contribution in [3.05, 3.63) is 46.4 Å². The molecule has 0 radical (unpaired) electrons. The largest absolute Gasteiger partial charge is 0.463 e. The average Bonchev–Trinajstić information content (AvgIpc) is 2.98. The van der Waals surface area contributed by atoms with Gasteiger partial charge in [-0.3, -0.25) is 9.59 Å². The molecule has 0 aliphatic rings. The minimum Gasteiger partial charge on any atom is -0.463 e. The van der Waals surface area contributed by atoms with Gasteiger partial charge < -0.3 is 19.4 Å². The highest BCUT2D eigenvalue weighted by atomic mass is 16.3. The van der Waals surface area contributed by atoms with Crippen LogP contribution in [0.4, 0.5) is 0 Å². The third kappa shape index (κ3) is 2.80. The fourth-order valence-corrected chi connectivity index (χ4v) is 1.91. The fourth-order valence-electron chi connectivity index (χ4n) is 1.91. The van der Waals surface area contributed by atoms with Gasteiger partial charge in [-0.2, -0.15) is 0 Å². The molecule has 0 bridgehead atoms. The Balaban J connectivity index is 2.30. The van der Waals surface area contributed by atoms with Crippen molar-refractivity contribution in [1.29, 1.82) is 0 Å². The Morgan fingerprint density at radius 3 is 2.75 bits per heavy atom. The van der Waals surface area contributed by atoms with Crippen molar-refractivity contribution in [2.24, 2.45) is 0 Å². The molecule has 0 saturated heterocycles. The van der Waals surface area contributed by atoms with Crippen molar-refractivity contribution in [1.82, 2.24) is 9.88 Å². The number of nitrogens with zero attached hydrogens (tertiary/aromatic N) is 1. The highest BCUT2D eigenvalue weighted by molar-refractivity contribution is 5.94. The molecule has 2 heterocycles. The van der Waals surface area contributed by atoms with E-state index in [1.807, 2.05) is 0 Å². The molecule has 2 aromatic heterocycles.